The van der Waals surface area contributed by atoms with Crippen molar-refractivity contribution in [3.63, 3.8) is 0 Å². The van der Waals surface area contributed by atoms with Crippen LogP contribution in [0.25, 0.3) is 0 Å². The van der Waals surface area contributed by atoms with E-state index in [0.29, 0.717) is 24.6 Å². The topological polar surface area (TPSA) is 91.9 Å². The molecular formula is C12H17N3O3S. The summed E-state index contributed by atoms with van der Waals surface area (Å²) in [5.74, 6) is 0.764. The first-order valence-corrected chi connectivity index (χ1v) is 8.39. The Labute approximate surface area is 111 Å². The number of aromatic nitrogens is 2. The van der Waals surface area contributed by atoms with Crippen LogP contribution in [0.5, 0.6) is 0 Å². The van der Waals surface area contributed by atoms with Crippen LogP contribution in [0.15, 0.2) is 6.07 Å². The first-order valence-electron chi connectivity index (χ1n) is 6.57. The molecule has 1 aromatic heterocycles. The van der Waals surface area contributed by atoms with E-state index in [2.05, 4.69) is 15.5 Å². The number of rotatable bonds is 4. The summed E-state index contributed by atoms with van der Waals surface area (Å²) in [5.41, 5.74) is 1.41. The number of H-pyrrole nitrogens is 1. The number of nitrogens with one attached hydrogen (secondary N) is 2. The third-order valence-corrected chi connectivity index (χ3v) is 5.56. The van der Waals surface area contributed by atoms with Gasteiger partial charge in [0.1, 0.15) is 5.69 Å². The average molecular weight is 283 g/mol. The second-order valence-corrected chi connectivity index (χ2v) is 7.69. The minimum atomic E-state index is -2.88. The van der Waals surface area contributed by atoms with Crippen LogP contribution in [0.2, 0.25) is 0 Å². The molecule has 104 valence electrons. The zero-order valence-electron chi connectivity index (χ0n) is 10.6. The van der Waals surface area contributed by atoms with Crippen LogP contribution in [0.1, 0.15) is 41.4 Å². The van der Waals surface area contributed by atoms with E-state index >= 15 is 0 Å². The number of nitrogens with zero attached hydrogens (tertiary/aromatic N) is 1. The van der Waals surface area contributed by atoms with E-state index in [1.807, 2.05) is 0 Å². The fourth-order valence-electron chi connectivity index (χ4n) is 2.42. The van der Waals surface area contributed by atoms with Gasteiger partial charge in [-0.05, 0) is 31.2 Å². The summed E-state index contributed by atoms with van der Waals surface area (Å²) in [5, 5.41) is 9.64. The molecule has 2 heterocycles. The molecule has 2 N–H and O–H groups in total. The van der Waals surface area contributed by atoms with Gasteiger partial charge in [-0.1, -0.05) is 0 Å². The molecule has 1 amide bonds. The van der Waals surface area contributed by atoms with E-state index in [0.717, 1.165) is 18.5 Å². The van der Waals surface area contributed by atoms with Crippen LogP contribution in [0.3, 0.4) is 0 Å². The molecule has 1 aliphatic heterocycles. The highest BCUT2D eigenvalue weighted by Gasteiger charge is 2.29. The van der Waals surface area contributed by atoms with Gasteiger partial charge in [-0.15, -0.1) is 0 Å². The molecule has 0 bridgehead atoms. The molecule has 1 atom stereocenters. The van der Waals surface area contributed by atoms with Crippen molar-refractivity contribution in [1.82, 2.24) is 15.5 Å². The van der Waals surface area contributed by atoms with Gasteiger partial charge in [0, 0.05) is 18.2 Å². The lowest BCUT2D eigenvalue weighted by atomic mass is 10.1. The predicted octanol–water partition coefficient (Wildman–Crippen LogP) is 0.452. The van der Waals surface area contributed by atoms with Gasteiger partial charge in [0.2, 0.25) is 0 Å². The van der Waals surface area contributed by atoms with E-state index in [-0.39, 0.29) is 23.3 Å². The van der Waals surface area contributed by atoms with E-state index < -0.39 is 9.84 Å². The Morgan fingerprint density at radius 2 is 2.21 bits per heavy atom. The summed E-state index contributed by atoms with van der Waals surface area (Å²) >= 11 is 0. The van der Waals surface area contributed by atoms with Crippen molar-refractivity contribution >= 4 is 15.7 Å². The molecule has 0 unspecified atom stereocenters. The third-order valence-electron chi connectivity index (χ3n) is 3.73. The van der Waals surface area contributed by atoms with Crippen molar-refractivity contribution in [1.29, 1.82) is 0 Å². The zero-order valence-corrected chi connectivity index (χ0v) is 11.4. The Bertz CT molecular complexity index is 589. The SMILES string of the molecule is O=C(NC[C@H]1CCS(=O)(=O)C1)c1cc(C2CC2)[nH]n1. The summed E-state index contributed by atoms with van der Waals surface area (Å²) in [6.07, 6.45) is 2.95. The molecular weight excluding hydrogens is 266 g/mol. The maximum absolute atomic E-state index is 11.9. The smallest absolute Gasteiger partial charge is 0.271 e. The van der Waals surface area contributed by atoms with Crippen molar-refractivity contribution in [2.45, 2.75) is 25.2 Å². The largest absolute Gasteiger partial charge is 0.350 e. The molecule has 2 aliphatic rings. The van der Waals surface area contributed by atoms with Crippen LogP contribution in [-0.2, 0) is 9.84 Å². The number of sulfone groups is 1. The summed E-state index contributed by atoms with van der Waals surface area (Å²) in [4.78, 5) is 11.9. The summed E-state index contributed by atoms with van der Waals surface area (Å²) < 4.78 is 22.6. The van der Waals surface area contributed by atoms with Gasteiger partial charge >= 0.3 is 0 Å². The third kappa shape index (κ3) is 2.97. The van der Waals surface area contributed by atoms with Crippen molar-refractivity contribution in [2.24, 2.45) is 5.92 Å². The van der Waals surface area contributed by atoms with Crippen molar-refractivity contribution in [3.8, 4) is 0 Å². The van der Waals surface area contributed by atoms with Gasteiger partial charge in [-0.3, -0.25) is 9.89 Å². The standard InChI is InChI=1S/C12H17N3O3S/c16-12(11-5-10(14-15-11)9-1-2-9)13-6-8-3-4-19(17,18)7-8/h5,8-9H,1-4,6-7H2,(H,13,16)(H,14,15)/t8-/m1/s1. The Morgan fingerprint density at radius 3 is 2.84 bits per heavy atom. The second kappa shape index (κ2) is 4.63. The van der Waals surface area contributed by atoms with Crippen LogP contribution in [-0.4, -0.2) is 42.6 Å². The summed E-state index contributed by atoms with van der Waals surface area (Å²) in [6.45, 7) is 0.406. The zero-order chi connectivity index (χ0) is 13.5. The number of aromatic amines is 1. The Kier molecular flexibility index (Phi) is 3.08. The molecule has 3 rings (SSSR count). The molecule has 1 saturated heterocycles. The highest BCUT2D eigenvalue weighted by atomic mass is 32.2. The maximum Gasteiger partial charge on any atom is 0.271 e. The number of hydrogen-bond donors (Lipinski definition) is 2. The fraction of sp³-hybridized carbons (Fsp3) is 0.667. The number of carbonyl (C=O) groups excluding carboxylic acids is 1. The summed E-state index contributed by atoms with van der Waals surface area (Å²) in [6, 6.07) is 1.79. The first-order chi connectivity index (χ1) is 9.03. The lowest BCUT2D eigenvalue weighted by molar-refractivity contribution is 0.0943. The first kappa shape index (κ1) is 12.7. The van der Waals surface area contributed by atoms with Gasteiger partial charge < -0.3 is 5.32 Å². The number of hydrogen-bond acceptors (Lipinski definition) is 4. The van der Waals surface area contributed by atoms with Crippen LogP contribution >= 0.6 is 0 Å². The van der Waals surface area contributed by atoms with E-state index in [1.54, 1.807) is 6.07 Å². The Hall–Kier alpha value is -1.37. The van der Waals surface area contributed by atoms with Gasteiger partial charge in [0.25, 0.3) is 5.91 Å². The van der Waals surface area contributed by atoms with E-state index in [9.17, 15) is 13.2 Å². The molecule has 19 heavy (non-hydrogen) atoms. The molecule has 6 nitrogen and oxygen atoms in total. The maximum atomic E-state index is 11.9. The molecule has 1 aliphatic carbocycles. The van der Waals surface area contributed by atoms with Crippen LogP contribution in [0, 0.1) is 5.92 Å². The molecule has 2 fully saturated rings. The normalized spacial score (nSPS) is 25.4. The summed E-state index contributed by atoms with van der Waals surface area (Å²) in [7, 11) is -2.88. The van der Waals surface area contributed by atoms with Crippen LogP contribution < -0.4 is 5.32 Å². The average Bonchev–Trinajstić information content (AvgIpc) is 2.98. The fourth-order valence-corrected chi connectivity index (χ4v) is 4.28. The predicted molar refractivity (Wildman–Crippen MR) is 69.7 cm³/mol. The van der Waals surface area contributed by atoms with Gasteiger partial charge in [0.15, 0.2) is 9.84 Å². The molecule has 0 aromatic carbocycles. The molecule has 1 aromatic rings. The molecule has 7 heteroatoms. The van der Waals surface area contributed by atoms with E-state index in [1.165, 1.54) is 0 Å². The van der Waals surface area contributed by atoms with Gasteiger partial charge in [0.05, 0.1) is 11.5 Å². The minimum absolute atomic E-state index is 0.0378. The van der Waals surface area contributed by atoms with Crippen molar-refractivity contribution in [2.75, 3.05) is 18.1 Å². The number of carbonyl (C=O) groups is 1. The minimum Gasteiger partial charge on any atom is -0.350 e. The Balaban J connectivity index is 1.53. The molecule has 0 radical (unpaired) electrons. The lowest BCUT2D eigenvalue weighted by Gasteiger charge is -2.07. The Morgan fingerprint density at radius 1 is 1.42 bits per heavy atom. The second-order valence-electron chi connectivity index (χ2n) is 5.46. The quantitative estimate of drug-likeness (QED) is 0.839. The van der Waals surface area contributed by atoms with Crippen molar-refractivity contribution in [3.05, 3.63) is 17.5 Å². The highest BCUT2D eigenvalue weighted by molar-refractivity contribution is 7.91. The molecule has 0 spiro atoms. The monoisotopic (exact) mass is 283 g/mol. The van der Waals surface area contributed by atoms with Gasteiger partial charge in [-0.2, -0.15) is 5.10 Å². The number of amides is 1. The highest BCUT2D eigenvalue weighted by Crippen LogP contribution is 2.38. The lowest BCUT2D eigenvalue weighted by Crippen LogP contribution is -2.30. The van der Waals surface area contributed by atoms with Crippen molar-refractivity contribution < 1.29 is 13.2 Å². The van der Waals surface area contributed by atoms with Crippen LogP contribution in [0.4, 0.5) is 0 Å². The molecule has 1 saturated carbocycles. The van der Waals surface area contributed by atoms with E-state index in [4.69, 9.17) is 0 Å². The van der Waals surface area contributed by atoms with Gasteiger partial charge in [-0.25, -0.2) is 8.42 Å².